The van der Waals surface area contributed by atoms with E-state index in [2.05, 4.69) is 25.5 Å². The second-order valence-corrected chi connectivity index (χ2v) is 4.91. The molecule has 19 heavy (non-hydrogen) atoms. The first kappa shape index (κ1) is 13.6. The number of hydrogen-bond donors (Lipinski definition) is 4. The molecular formula is C9H16N8OS. The third kappa shape index (κ3) is 3.58. The molecule has 6 N–H and O–H groups in total. The second-order valence-electron chi connectivity index (χ2n) is 3.96. The summed E-state index contributed by atoms with van der Waals surface area (Å²) >= 11 is 1.24. The largest absolute Gasteiger partial charge is 0.350 e. The van der Waals surface area contributed by atoms with Gasteiger partial charge in [-0.05, 0) is 12.8 Å². The smallest absolute Gasteiger partial charge is 0.342 e. The highest BCUT2D eigenvalue weighted by atomic mass is 32.2. The quantitative estimate of drug-likeness (QED) is 0.174. The number of H-pyrrole nitrogens is 1. The topological polar surface area (TPSA) is 138 Å². The van der Waals surface area contributed by atoms with E-state index in [4.69, 9.17) is 11.7 Å². The molecule has 2 heterocycles. The fourth-order valence-corrected chi connectivity index (χ4v) is 2.47. The van der Waals surface area contributed by atoms with Crippen molar-refractivity contribution in [2.75, 3.05) is 23.7 Å². The van der Waals surface area contributed by atoms with E-state index >= 15 is 0 Å². The van der Waals surface area contributed by atoms with Crippen LogP contribution in [0.3, 0.4) is 0 Å². The first-order valence-corrected chi connectivity index (χ1v) is 6.81. The number of hydrogen-bond acceptors (Lipinski definition) is 8. The van der Waals surface area contributed by atoms with Crippen molar-refractivity contribution >= 4 is 23.5 Å². The Hall–Kier alpha value is -1.81. The van der Waals surface area contributed by atoms with Crippen LogP contribution in [0.2, 0.25) is 0 Å². The molecule has 9 nitrogen and oxygen atoms in total. The molecule has 2 rings (SSSR count). The van der Waals surface area contributed by atoms with Crippen LogP contribution in [0.15, 0.2) is 15.1 Å². The number of anilines is 1. The molecule has 10 heteroatoms. The molecule has 104 valence electrons. The van der Waals surface area contributed by atoms with Crippen molar-refractivity contribution in [1.29, 1.82) is 0 Å². The van der Waals surface area contributed by atoms with Gasteiger partial charge in [0.05, 0.1) is 5.75 Å². The molecule has 0 bridgehead atoms. The number of aromatic nitrogens is 3. The SMILES string of the molecule is N/N=C(/CSc1nc(N2CCCC2)[nH]c(=O)n1)NN. The second kappa shape index (κ2) is 6.38. The standard InChI is InChI=1S/C9H16N8OS/c10-15-6(16-11)5-19-9-13-7(12-8(18)14-9)17-3-1-2-4-17/h1-5,10-11H2,(H,15,16)(H,12,13,14,18). The van der Waals surface area contributed by atoms with Crippen molar-refractivity contribution in [3.63, 3.8) is 0 Å². The van der Waals surface area contributed by atoms with Crippen LogP contribution in [0.5, 0.6) is 0 Å². The lowest BCUT2D eigenvalue weighted by atomic mass is 10.4. The Kier molecular flexibility index (Phi) is 4.58. The monoisotopic (exact) mass is 284 g/mol. The number of aromatic amines is 1. The lowest BCUT2D eigenvalue weighted by Crippen LogP contribution is -2.33. The summed E-state index contributed by atoms with van der Waals surface area (Å²) in [5.41, 5.74) is 1.95. The van der Waals surface area contributed by atoms with Gasteiger partial charge in [0, 0.05) is 13.1 Å². The summed E-state index contributed by atoms with van der Waals surface area (Å²) in [4.78, 5) is 24.3. The Morgan fingerprint density at radius 3 is 2.84 bits per heavy atom. The molecule has 0 saturated carbocycles. The number of hydrazine groups is 1. The molecule has 1 aliphatic rings. The zero-order valence-electron chi connectivity index (χ0n) is 10.3. The highest BCUT2D eigenvalue weighted by molar-refractivity contribution is 7.99. The number of thioether (sulfide) groups is 1. The van der Waals surface area contributed by atoms with Crippen LogP contribution in [0.4, 0.5) is 5.95 Å². The zero-order valence-corrected chi connectivity index (χ0v) is 11.1. The minimum atomic E-state index is -0.411. The van der Waals surface area contributed by atoms with Crippen LogP contribution in [-0.4, -0.2) is 39.6 Å². The summed E-state index contributed by atoms with van der Waals surface area (Å²) in [5.74, 6) is 11.7. The van der Waals surface area contributed by atoms with E-state index in [9.17, 15) is 4.79 Å². The molecule has 0 unspecified atom stereocenters. The van der Waals surface area contributed by atoms with E-state index in [1.807, 2.05) is 4.90 Å². The van der Waals surface area contributed by atoms with E-state index in [1.165, 1.54) is 11.8 Å². The van der Waals surface area contributed by atoms with Crippen molar-refractivity contribution in [3.8, 4) is 0 Å². The molecule has 0 aromatic carbocycles. The Labute approximate surface area is 113 Å². The van der Waals surface area contributed by atoms with Gasteiger partial charge < -0.3 is 16.2 Å². The molecule has 0 amide bonds. The van der Waals surface area contributed by atoms with E-state index in [0.717, 1.165) is 25.9 Å². The van der Waals surface area contributed by atoms with Crippen molar-refractivity contribution in [1.82, 2.24) is 20.4 Å². The third-order valence-electron chi connectivity index (χ3n) is 2.68. The average Bonchev–Trinajstić information content (AvgIpc) is 2.93. The highest BCUT2D eigenvalue weighted by Crippen LogP contribution is 2.17. The number of rotatable bonds is 4. The summed E-state index contributed by atoms with van der Waals surface area (Å²) in [5, 5.41) is 3.83. The molecular weight excluding hydrogens is 268 g/mol. The minimum absolute atomic E-state index is 0.371. The van der Waals surface area contributed by atoms with Gasteiger partial charge in [-0.2, -0.15) is 15.1 Å². The van der Waals surface area contributed by atoms with Gasteiger partial charge in [0.15, 0.2) is 5.16 Å². The molecule has 1 saturated heterocycles. The number of nitrogens with zero attached hydrogens (tertiary/aromatic N) is 4. The van der Waals surface area contributed by atoms with Gasteiger partial charge in [0.25, 0.3) is 0 Å². The summed E-state index contributed by atoms with van der Waals surface area (Å²) in [7, 11) is 0. The van der Waals surface area contributed by atoms with Gasteiger partial charge in [-0.1, -0.05) is 11.8 Å². The fraction of sp³-hybridized carbons (Fsp3) is 0.556. The Morgan fingerprint density at radius 1 is 1.47 bits per heavy atom. The van der Waals surface area contributed by atoms with Gasteiger partial charge in [-0.25, -0.2) is 10.6 Å². The van der Waals surface area contributed by atoms with Crippen LogP contribution < -0.4 is 27.7 Å². The van der Waals surface area contributed by atoms with E-state index in [1.54, 1.807) is 0 Å². The molecule has 1 aliphatic heterocycles. The molecule has 0 spiro atoms. The maximum Gasteiger partial charge on any atom is 0.350 e. The summed E-state index contributed by atoms with van der Waals surface area (Å²) in [6.07, 6.45) is 2.21. The Bertz CT molecular complexity index is 509. The number of nitrogens with two attached hydrogens (primary N) is 2. The van der Waals surface area contributed by atoms with E-state index in [-0.39, 0.29) is 0 Å². The first-order valence-electron chi connectivity index (χ1n) is 5.82. The third-order valence-corrected chi connectivity index (χ3v) is 3.54. The van der Waals surface area contributed by atoms with E-state index < -0.39 is 5.69 Å². The van der Waals surface area contributed by atoms with Gasteiger partial charge in [0.2, 0.25) is 5.95 Å². The molecule has 1 fully saturated rings. The van der Waals surface area contributed by atoms with Gasteiger partial charge in [-0.3, -0.25) is 4.98 Å². The van der Waals surface area contributed by atoms with Crippen molar-refractivity contribution in [2.45, 2.75) is 18.0 Å². The van der Waals surface area contributed by atoms with Crippen molar-refractivity contribution in [2.24, 2.45) is 16.8 Å². The molecule has 0 radical (unpaired) electrons. The molecule has 1 aromatic heterocycles. The Morgan fingerprint density at radius 2 is 2.21 bits per heavy atom. The summed E-state index contributed by atoms with van der Waals surface area (Å²) < 4.78 is 0. The van der Waals surface area contributed by atoms with Gasteiger partial charge in [-0.15, -0.1) is 0 Å². The number of nitrogens with one attached hydrogen (secondary N) is 2. The maximum atomic E-state index is 11.5. The highest BCUT2D eigenvalue weighted by Gasteiger charge is 2.16. The van der Waals surface area contributed by atoms with Crippen molar-refractivity contribution in [3.05, 3.63) is 10.5 Å². The van der Waals surface area contributed by atoms with Crippen LogP contribution in [-0.2, 0) is 0 Å². The maximum absolute atomic E-state index is 11.5. The lowest BCUT2D eigenvalue weighted by Gasteiger charge is -2.15. The normalized spacial score (nSPS) is 15.8. The predicted octanol–water partition coefficient (Wildman–Crippen LogP) is -1.41. The zero-order chi connectivity index (χ0) is 13.7. The number of hydrazone groups is 1. The van der Waals surface area contributed by atoms with Crippen LogP contribution >= 0.6 is 11.8 Å². The predicted molar refractivity (Wildman–Crippen MR) is 73.8 cm³/mol. The van der Waals surface area contributed by atoms with Gasteiger partial charge >= 0.3 is 5.69 Å². The average molecular weight is 284 g/mol. The summed E-state index contributed by atoms with van der Waals surface area (Å²) in [6.45, 7) is 1.80. The molecule has 0 atom stereocenters. The van der Waals surface area contributed by atoms with Crippen LogP contribution in [0.1, 0.15) is 12.8 Å². The number of amidine groups is 1. The van der Waals surface area contributed by atoms with Crippen LogP contribution in [0.25, 0.3) is 0 Å². The first-order chi connectivity index (χ1) is 9.22. The lowest BCUT2D eigenvalue weighted by molar-refractivity contribution is 0.802. The molecule has 0 aliphatic carbocycles. The Balaban J connectivity index is 2.10. The van der Waals surface area contributed by atoms with Gasteiger partial charge in [0.1, 0.15) is 5.84 Å². The van der Waals surface area contributed by atoms with E-state index in [0.29, 0.717) is 22.7 Å². The van der Waals surface area contributed by atoms with Crippen LogP contribution in [0, 0.1) is 0 Å². The van der Waals surface area contributed by atoms with Crippen molar-refractivity contribution < 1.29 is 0 Å². The summed E-state index contributed by atoms with van der Waals surface area (Å²) in [6, 6.07) is 0. The molecule has 1 aromatic rings. The minimum Gasteiger partial charge on any atom is -0.342 e. The fourth-order valence-electron chi connectivity index (χ4n) is 1.75.